The van der Waals surface area contributed by atoms with Crippen LogP contribution in [0.1, 0.15) is 24.2 Å². The third kappa shape index (κ3) is 4.44. The van der Waals surface area contributed by atoms with Gasteiger partial charge in [0.25, 0.3) is 5.91 Å². The first-order chi connectivity index (χ1) is 9.77. The van der Waals surface area contributed by atoms with Crippen molar-refractivity contribution in [2.24, 2.45) is 17.6 Å². The molecule has 0 radical (unpaired) electrons. The zero-order valence-electron chi connectivity index (χ0n) is 12.8. The highest BCUT2D eigenvalue weighted by molar-refractivity contribution is 6.34. The third-order valence-corrected chi connectivity index (χ3v) is 3.60. The zero-order chi connectivity index (χ0) is 16.2. The summed E-state index contributed by atoms with van der Waals surface area (Å²) < 4.78 is 0. The lowest BCUT2D eigenvalue weighted by atomic mass is 9.95. The van der Waals surface area contributed by atoms with Gasteiger partial charge in [0, 0.05) is 26.3 Å². The van der Waals surface area contributed by atoms with E-state index in [1.165, 1.54) is 4.90 Å². The van der Waals surface area contributed by atoms with Crippen molar-refractivity contribution in [3.63, 3.8) is 0 Å². The van der Waals surface area contributed by atoms with Crippen LogP contribution in [0.15, 0.2) is 18.2 Å². The van der Waals surface area contributed by atoms with E-state index in [4.69, 9.17) is 17.3 Å². The smallest absolute Gasteiger partial charge is 0.254 e. The number of benzene rings is 1. The first-order valence-electron chi connectivity index (χ1n) is 6.80. The normalized spacial score (nSPS) is 12.1. The molecular formula is C15H22ClN3O2. The van der Waals surface area contributed by atoms with Gasteiger partial charge in [-0.2, -0.15) is 0 Å². The summed E-state index contributed by atoms with van der Waals surface area (Å²) >= 11 is 6.03. The predicted molar refractivity (Wildman–Crippen MR) is 85.5 cm³/mol. The molecule has 0 aromatic heterocycles. The van der Waals surface area contributed by atoms with E-state index in [1.54, 1.807) is 32.3 Å². The molecule has 0 spiro atoms. The van der Waals surface area contributed by atoms with Gasteiger partial charge in [-0.25, -0.2) is 0 Å². The van der Waals surface area contributed by atoms with Crippen molar-refractivity contribution in [3.05, 3.63) is 28.8 Å². The van der Waals surface area contributed by atoms with E-state index >= 15 is 0 Å². The molecule has 2 amide bonds. The van der Waals surface area contributed by atoms with Gasteiger partial charge < -0.3 is 16.0 Å². The second-order valence-corrected chi connectivity index (χ2v) is 5.88. The van der Waals surface area contributed by atoms with E-state index in [0.29, 0.717) is 16.3 Å². The number of carbonyl (C=O) groups is 2. The summed E-state index contributed by atoms with van der Waals surface area (Å²) in [5.41, 5.74) is 6.52. The number of halogens is 1. The summed E-state index contributed by atoms with van der Waals surface area (Å²) in [7, 11) is 3.29. The van der Waals surface area contributed by atoms with E-state index in [1.807, 2.05) is 13.8 Å². The highest BCUT2D eigenvalue weighted by Gasteiger charge is 2.21. The summed E-state index contributed by atoms with van der Waals surface area (Å²) in [6.07, 6.45) is 0. The second kappa shape index (κ2) is 7.43. The number of hydrogen-bond donors (Lipinski definition) is 2. The lowest BCUT2D eigenvalue weighted by molar-refractivity contribution is -0.120. The quantitative estimate of drug-likeness (QED) is 0.875. The fourth-order valence-electron chi connectivity index (χ4n) is 1.92. The Morgan fingerprint density at radius 2 is 1.95 bits per heavy atom. The number of nitrogens with zero attached hydrogens (tertiary/aromatic N) is 1. The summed E-state index contributed by atoms with van der Waals surface area (Å²) in [5, 5.41) is 3.14. The Labute approximate surface area is 130 Å². The van der Waals surface area contributed by atoms with E-state index in [2.05, 4.69) is 5.32 Å². The summed E-state index contributed by atoms with van der Waals surface area (Å²) in [6.45, 7) is 4.17. The summed E-state index contributed by atoms with van der Waals surface area (Å²) in [5.74, 6) is -0.493. The maximum Gasteiger partial charge on any atom is 0.254 e. The number of carbonyl (C=O) groups excluding carboxylic acids is 2. The maximum atomic E-state index is 12.2. The van der Waals surface area contributed by atoms with Gasteiger partial charge >= 0.3 is 0 Å². The van der Waals surface area contributed by atoms with Crippen molar-refractivity contribution >= 4 is 29.1 Å². The van der Waals surface area contributed by atoms with Crippen LogP contribution in [0.3, 0.4) is 0 Å². The molecule has 6 heteroatoms. The number of nitrogens with two attached hydrogens (primary N) is 1. The molecule has 0 saturated carbocycles. The SMILES string of the molecule is CC(C)C(CN)C(=O)Nc1ccc(Cl)c(C(=O)N(C)C)c1. The van der Waals surface area contributed by atoms with Crippen molar-refractivity contribution in [1.29, 1.82) is 0 Å². The van der Waals surface area contributed by atoms with Gasteiger partial charge in [0.1, 0.15) is 0 Å². The molecule has 0 fully saturated rings. The van der Waals surface area contributed by atoms with Crippen molar-refractivity contribution < 1.29 is 9.59 Å². The highest BCUT2D eigenvalue weighted by atomic mass is 35.5. The average Bonchev–Trinajstić information content (AvgIpc) is 2.40. The minimum Gasteiger partial charge on any atom is -0.345 e. The summed E-state index contributed by atoms with van der Waals surface area (Å²) in [4.78, 5) is 25.6. The first kappa shape index (κ1) is 17.5. The predicted octanol–water partition coefficient (Wildman–Crippen LogP) is 2.21. The molecule has 0 aliphatic heterocycles. The van der Waals surface area contributed by atoms with Crippen molar-refractivity contribution in [2.75, 3.05) is 26.0 Å². The van der Waals surface area contributed by atoms with Crippen LogP contribution in [0.5, 0.6) is 0 Å². The molecule has 1 unspecified atom stereocenters. The van der Waals surface area contributed by atoms with Crippen LogP contribution in [-0.4, -0.2) is 37.4 Å². The second-order valence-electron chi connectivity index (χ2n) is 5.47. The third-order valence-electron chi connectivity index (χ3n) is 3.27. The molecule has 0 aliphatic carbocycles. The molecule has 0 aliphatic rings. The average molecular weight is 312 g/mol. The molecule has 1 aromatic carbocycles. The standard InChI is InChI=1S/C15H22ClN3O2/c1-9(2)12(8-17)14(20)18-10-5-6-13(16)11(7-10)15(21)19(3)4/h5-7,9,12H,8,17H2,1-4H3,(H,18,20). The van der Waals surface area contributed by atoms with Gasteiger partial charge in [-0.1, -0.05) is 25.4 Å². The number of amides is 2. The molecule has 116 valence electrons. The molecule has 21 heavy (non-hydrogen) atoms. The molecule has 1 rings (SSSR count). The molecule has 3 N–H and O–H groups in total. The Kier molecular flexibility index (Phi) is 6.18. The van der Waals surface area contributed by atoms with Crippen LogP contribution in [0.4, 0.5) is 5.69 Å². The summed E-state index contributed by atoms with van der Waals surface area (Å²) in [6, 6.07) is 4.85. The molecule has 0 heterocycles. The van der Waals surface area contributed by atoms with Crippen LogP contribution < -0.4 is 11.1 Å². The Morgan fingerprint density at radius 1 is 1.33 bits per heavy atom. The van der Waals surface area contributed by atoms with Crippen LogP contribution in [0.2, 0.25) is 5.02 Å². The van der Waals surface area contributed by atoms with Gasteiger partial charge in [-0.05, 0) is 24.1 Å². The molecular weight excluding hydrogens is 290 g/mol. The Hall–Kier alpha value is -1.59. The number of hydrogen-bond acceptors (Lipinski definition) is 3. The van der Waals surface area contributed by atoms with Crippen LogP contribution in [0, 0.1) is 11.8 Å². The Morgan fingerprint density at radius 3 is 2.43 bits per heavy atom. The monoisotopic (exact) mass is 311 g/mol. The fraction of sp³-hybridized carbons (Fsp3) is 0.467. The topological polar surface area (TPSA) is 75.4 Å². The minimum absolute atomic E-state index is 0.144. The maximum absolute atomic E-state index is 12.2. The molecule has 0 bridgehead atoms. The Bertz CT molecular complexity index is 530. The van der Waals surface area contributed by atoms with E-state index in [0.717, 1.165) is 0 Å². The van der Waals surface area contributed by atoms with Gasteiger partial charge in [-0.3, -0.25) is 9.59 Å². The largest absolute Gasteiger partial charge is 0.345 e. The van der Waals surface area contributed by atoms with E-state index in [9.17, 15) is 9.59 Å². The highest BCUT2D eigenvalue weighted by Crippen LogP contribution is 2.22. The number of rotatable bonds is 5. The van der Waals surface area contributed by atoms with Crippen LogP contribution in [-0.2, 0) is 4.79 Å². The van der Waals surface area contributed by atoms with Gasteiger partial charge in [-0.15, -0.1) is 0 Å². The van der Waals surface area contributed by atoms with Crippen molar-refractivity contribution in [2.45, 2.75) is 13.8 Å². The molecule has 5 nitrogen and oxygen atoms in total. The first-order valence-corrected chi connectivity index (χ1v) is 7.17. The van der Waals surface area contributed by atoms with E-state index in [-0.39, 0.29) is 30.2 Å². The van der Waals surface area contributed by atoms with Gasteiger partial charge in [0.15, 0.2) is 0 Å². The molecule has 1 aromatic rings. The fourth-order valence-corrected chi connectivity index (χ4v) is 2.12. The van der Waals surface area contributed by atoms with E-state index < -0.39 is 0 Å². The Balaban J connectivity index is 2.98. The van der Waals surface area contributed by atoms with Crippen molar-refractivity contribution in [1.82, 2.24) is 4.90 Å². The lowest BCUT2D eigenvalue weighted by Gasteiger charge is -2.19. The van der Waals surface area contributed by atoms with Crippen molar-refractivity contribution in [3.8, 4) is 0 Å². The van der Waals surface area contributed by atoms with Crippen LogP contribution in [0.25, 0.3) is 0 Å². The molecule has 1 atom stereocenters. The van der Waals surface area contributed by atoms with Gasteiger partial charge in [0.2, 0.25) is 5.91 Å². The van der Waals surface area contributed by atoms with Gasteiger partial charge in [0.05, 0.1) is 16.5 Å². The van der Waals surface area contributed by atoms with Crippen LogP contribution >= 0.6 is 11.6 Å². The number of anilines is 1. The zero-order valence-corrected chi connectivity index (χ0v) is 13.6. The molecule has 0 saturated heterocycles. The lowest BCUT2D eigenvalue weighted by Crippen LogP contribution is -2.33. The number of nitrogens with one attached hydrogen (secondary N) is 1. The minimum atomic E-state index is -0.270.